The highest BCUT2D eigenvalue weighted by atomic mass is 19.1. The molecule has 2 aliphatic rings. The van der Waals surface area contributed by atoms with Gasteiger partial charge in [-0.2, -0.15) is 0 Å². The Kier molecular flexibility index (Phi) is 9.84. The van der Waals surface area contributed by atoms with Crippen LogP contribution in [0.2, 0.25) is 0 Å². The summed E-state index contributed by atoms with van der Waals surface area (Å²) in [6, 6.07) is 20.9. The Hall–Kier alpha value is -6.64. The first-order valence-electron chi connectivity index (χ1n) is 19.6. The number of benzene rings is 4. The SMILES string of the molecule is COc1cc2c(Oc3ccc4[nH]c(C)cc4c3F)ccnc2cc1OCC1(N)CC1.COc1cc2c(Oc3ccc4[nH]c(C)cc4c3F)ccnc2cc1OCC1(N)CC1. The number of nitrogens with zero attached hydrogens (tertiary/aromatic N) is 2. The number of aromatic amines is 2. The summed E-state index contributed by atoms with van der Waals surface area (Å²) < 4.78 is 64.7. The van der Waals surface area contributed by atoms with E-state index in [0.29, 0.717) is 80.3 Å². The van der Waals surface area contributed by atoms with E-state index in [1.165, 1.54) is 0 Å². The standard InChI is InChI=1S/2C23H22FN3O3/c2*1-13-9-15-16(27-13)3-4-19(22(15)24)30-18-5-8-26-17-11-21(20(28-2)10-14(17)18)29-12-23(25)6-7-23/h2*3-5,8-11,27H,6-7,12,25H2,1-2H3. The van der Waals surface area contributed by atoms with Gasteiger partial charge in [-0.05, 0) is 100 Å². The summed E-state index contributed by atoms with van der Waals surface area (Å²) in [5.74, 6) is 2.66. The van der Waals surface area contributed by atoms with Crippen LogP contribution < -0.4 is 39.9 Å². The Balaban J connectivity index is 0.000000154. The monoisotopic (exact) mass is 814 g/mol. The lowest BCUT2D eigenvalue weighted by molar-refractivity contribution is 0.264. The van der Waals surface area contributed by atoms with E-state index < -0.39 is 11.6 Å². The van der Waals surface area contributed by atoms with Crippen LogP contribution in [0, 0.1) is 25.5 Å². The maximum absolute atomic E-state index is 15.0. The number of aromatic nitrogens is 4. The van der Waals surface area contributed by atoms with Gasteiger partial charge in [-0.25, -0.2) is 8.78 Å². The number of aryl methyl sites for hydroxylation is 2. The summed E-state index contributed by atoms with van der Waals surface area (Å²) in [5, 5.41) is 2.38. The fraction of sp³-hybridized carbons (Fsp3) is 0.261. The summed E-state index contributed by atoms with van der Waals surface area (Å²) in [4.78, 5) is 15.1. The third-order valence-electron chi connectivity index (χ3n) is 10.9. The maximum atomic E-state index is 15.0. The van der Waals surface area contributed by atoms with Crippen LogP contribution in [-0.2, 0) is 0 Å². The molecule has 308 valence electrons. The number of hydrogen-bond donors (Lipinski definition) is 4. The van der Waals surface area contributed by atoms with Crippen molar-refractivity contribution in [3.8, 4) is 46.0 Å². The molecule has 2 fully saturated rings. The Morgan fingerprint density at radius 3 is 1.33 bits per heavy atom. The third kappa shape index (κ3) is 7.78. The highest BCUT2D eigenvalue weighted by Crippen LogP contribution is 2.42. The van der Waals surface area contributed by atoms with Crippen LogP contribution in [0.15, 0.2) is 85.2 Å². The molecule has 0 saturated heterocycles. The van der Waals surface area contributed by atoms with Gasteiger partial charge < -0.3 is 49.9 Å². The van der Waals surface area contributed by atoms with E-state index in [4.69, 9.17) is 39.9 Å². The molecule has 60 heavy (non-hydrogen) atoms. The molecule has 0 unspecified atom stereocenters. The Bertz CT molecular complexity index is 2720. The molecular weight excluding hydrogens is 771 g/mol. The number of rotatable bonds is 12. The molecule has 4 heterocycles. The van der Waals surface area contributed by atoms with Gasteiger partial charge in [0, 0.05) is 68.5 Å². The molecule has 8 aromatic rings. The van der Waals surface area contributed by atoms with Crippen molar-refractivity contribution in [2.24, 2.45) is 11.5 Å². The minimum atomic E-state index is -0.411. The number of fused-ring (bicyclic) bond motifs is 4. The van der Waals surface area contributed by atoms with E-state index in [1.54, 1.807) is 99.4 Å². The van der Waals surface area contributed by atoms with Crippen LogP contribution >= 0.6 is 0 Å². The molecule has 0 spiro atoms. The quantitative estimate of drug-likeness (QED) is 0.0933. The average Bonchev–Trinajstić information content (AvgIpc) is 4.08. The Labute approximate surface area is 343 Å². The molecular formula is C46H44F2N6O6. The summed E-state index contributed by atoms with van der Waals surface area (Å²) in [5.41, 5.74) is 16.3. The normalized spacial score (nSPS) is 14.8. The predicted molar refractivity (Wildman–Crippen MR) is 226 cm³/mol. The van der Waals surface area contributed by atoms with Gasteiger partial charge >= 0.3 is 0 Å². The predicted octanol–water partition coefficient (Wildman–Crippen LogP) is 9.67. The minimum Gasteiger partial charge on any atom is -0.493 e. The molecule has 12 nitrogen and oxygen atoms in total. The first kappa shape index (κ1) is 38.9. The number of methoxy groups -OCH3 is 2. The smallest absolute Gasteiger partial charge is 0.175 e. The lowest BCUT2D eigenvalue weighted by Crippen LogP contribution is -2.29. The van der Waals surface area contributed by atoms with Gasteiger partial charge in [-0.3, -0.25) is 9.97 Å². The molecule has 4 aromatic heterocycles. The molecule has 0 amide bonds. The van der Waals surface area contributed by atoms with Gasteiger partial charge in [0.15, 0.2) is 46.1 Å². The molecule has 14 heteroatoms. The van der Waals surface area contributed by atoms with Crippen LogP contribution in [0.3, 0.4) is 0 Å². The van der Waals surface area contributed by atoms with Crippen molar-refractivity contribution in [3.63, 3.8) is 0 Å². The fourth-order valence-electron chi connectivity index (χ4n) is 7.00. The highest BCUT2D eigenvalue weighted by molar-refractivity contribution is 5.90. The van der Waals surface area contributed by atoms with Crippen molar-refractivity contribution in [2.75, 3.05) is 27.4 Å². The van der Waals surface area contributed by atoms with Crippen molar-refractivity contribution in [2.45, 2.75) is 50.6 Å². The van der Waals surface area contributed by atoms with Gasteiger partial charge in [0.25, 0.3) is 0 Å². The lowest BCUT2D eigenvalue weighted by Gasteiger charge is -2.16. The number of H-pyrrole nitrogens is 2. The van der Waals surface area contributed by atoms with Crippen molar-refractivity contribution in [1.82, 2.24) is 19.9 Å². The van der Waals surface area contributed by atoms with Crippen molar-refractivity contribution >= 4 is 43.6 Å². The van der Waals surface area contributed by atoms with Gasteiger partial charge in [0.2, 0.25) is 0 Å². The number of hydrogen-bond acceptors (Lipinski definition) is 10. The first-order valence-corrected chi connectivity index (χ1v) is 19.6. The molecule has 0 bridgehead atoms. The molecule has 4 aromatic carbocycles. The third-order valence-corrected chi connectivity index (χ3v) is 10.9. The maximum Gasteiger partial charge on any atom is 0.175 e. The molecule has 6 N–H and O–H groups in total. The Morgan fingerprint density at radius 2 is 0.950 bits per heavy atom. The summed E-state index contributed by atoms with van der Waals surface area (Å²) in [7, 11) is 3.14. The number of pyridine rings is 2. The number of nitrogens with one attached hydrogen (secondary N) is 2. The highest BCUT2D eigenvalue weighted by Gasteiger charge is 2.40. The van der Waals surface area contributed by atoms with E-state index in [0.717, 1.165) is 48.1 Å². The zero-order chi connectivity index (χ0) is 41.8. The van der Waals surface area contributed by atoms with Crippen LogP contribution in [0.5, 0.6) is 46.0 Å². The van der Waals surface area contributed by atoms with Gasteiger partial charge in [0.1, 0.15) is 24.7 Å². The number of ether oxygens (including phenoxy) is 6. The minimum absolute atomic E-state index is 0.145. The lowest BCUT2D eigenvalue weighted by atomic mass is 10.1. The van der Waals surface area contributed by atoms with Crippen LogP contribution in [0.4, 0.5) is 8.78 Å². The van der Waals surface area contributed by atoms with Crippen molar-refractivity contribution in [1.29, 1.82) is 0 Å². The second kappa shape index (κ2) is 15.2. The summed E-state index contributed by atoms with van der Waals surface area (Å²) >= 11 is 0. The fourth-order valence-corrected chi connectivity index (χ4v) is 7.00. The van der Waals surface area contributed by atoms with E-state index in [2.05, 4.69) is 19.9 Å². The van der Waals surface area contributed by atoms with Gasteiger partial charge in [-0.15, -0.1) is 0 Å². The number of nitrogens with two attached hydrogens (primary N) is 2. The first-order chi connectivity index (χ1) is 28.9. The molecule has 2 saturated carbocycles. The van der Waals surface area contributed by atoms with E-state index in [9.17, 15) is 8.78 Å². The number of halogens is 2. The Morgan fingerprint density at radius 1 is 0.533 bits per heavy atom. The molecule has 0 radical (unpaired) electrons. The summed E-state index contributed by atoms with van der Waals surface area (Å²) in [6.45, 7) is 4.62. The molecule has 10 rings (SSSR count). The second-order valence-corrected chi connectivity index (χ2v) is 15.7. The van der Waals surface area contributed by atoms with Crippen molar-refractivity contribution < 1.29 is 37.2 Å². The average molecular weight is 815 g/mol. The van der Waals surface area contributed by atoms with E-state index in [1.807, 2.05) is 13.8 Å². The van der Waals surface area contributed by atoms with Gasteiger partial charge in [0.05, 0.1) is 36.3 Å². The molecule has 0 atom stereocenters. The zero-order valence-electron chi connectivity index (χ0n) is 33.6. The topological polar surface area (TPSA) is 165 Å². The molecule has 2 aliphatic carbocycles. The van der Waals surface area contributed by atoms with Crippen LogP contribution in [-0.4, -0.2) is 58.4 Å². The van der Waals surface area contributed by atoms with Crippen molar-refractivity contribution in [3.05, 3.63) is 108 Å². The van der Waals surface area contributed by atoms with E-state index >= 15 is 0 Å². The zero-order valence-corrected chi connectivity index (χ0v) is 33.6. The summed E-state index contributed by atoms with van der Waals surface area (Å²) in [6.07, 6.45) is 7.06. The van der Waals surface area contributed by atoms with Crippen LogP contribution in [0.25, 0.3) is 43.6 Å². The second-order valence-electron chi connectivity index (χ2n) is 15.7. The van der Waals surface area contributed by atoms with Gasteiger partial charge in [-0.1, -0.05) is 0 Å². The van der Waals surface area contributed by atoms with E-state index in [-0.39, 0.29) is 22.6 Å². The van der Waals surface area contributed by atoms with Crippen LogP contribution in [0.1, 0.15) is 37.1 Å². The molecule has 0 aliphatic heterocycles. The largest absolute Gasteiger partial charge is 0.493 e.